The molecular formula is C21H32IN5S. The summed E-state index contributed by atoms with van der Waals surface area (Å²) in [4.78, 5) is 12.0. The zero-order valence-electron chi connectivity index (χ0n) is 17.1. The molecule has 0 spiro atoms. The molecule has 0 atom stereocenters. The zero-order chi connectivity index (χ0) is 19.1. The number of nitrogens with one attached hydrogen (secondary N) is 1. The molecular weight excluding hydrogens is 481 g/mol. The van der Waals surface area contributed by atoms with Gasteiger partial charge in [0.05, 0.1) is 11.5 Å². The van der Waals surface area contributed by atoms with Crippen molar-refractivity contribution in [3.8, 4) is 0 Å². The number of piperazine rings is 1. The van der Waals surface area contributed by atoms with Crippen molar-refractivity contribution in [3.63, 3.8) is 0 Å². The molecule has 1 saturated heterocycles. The van der Waals surface area contributed by atoms with E-state index in [1.807, 2.05) is 11.3 Å². The Bertz CT molecular complexity index is 724. The van der Waals surface area contributed by atoms with Crippen LogP contribution in [-0.2, 0) is 13.1 Å². The molecule has 3 rings (SSSR count). The van der Waals surface area contributed by atoms with Crippen LogP contribution in [0.15, 0.2) is 46.8 Å². The molecule has 1 aromatic heterocycles. The first-order chi connectivity index (χ1) is 13.2. The molecule has 1 aliphatic rings. The smallest absolute Gasteiger partial charge is 0.194 e. The highest BCUT2D eigenvalue weighted by molar-refractivity contribution is 14.0. The Balaban J connectivity index is 0.00000280. The molecule has 0 unspecified atom stereocenters. The first kappa shape index (κ1) is 23.0. The van der Waals surface area contributed by atoms with Crippen LogP contribution in [-0.4, -0.2) is 62.6 Å². The van der Waals surface area contributed by atoms with Gasteiger partial charge in [-0.2, -0.15) is 0 Å². The molecule has 1 aromatic carbocycles. The van der Waals surface area contributed by atoms with E-state index < -0.39 is 0 Å². The first-order valence-electron chi connectivity index (χ1n) is 9.70. The van der Waals surface area contributed by atoms with Crippen LogP contribution in [0.25, 0.3) is 0 Å². The molecule has 7 heteroatoms. The Kier molecular flexibility index (Phi) is 9.53. The third-order valence-electron chi connectivity index (χ3n) is 4.74. The third-order valence-corrected chi connectivity index (χ3v) is 5.67. The van der Waals surface area contributed by atoms with Crippen molar-refractivity contribution in [2.75, 3.05) is 51.7 Å². The summed E-state index contributed by atoms with van der Waals surface area (Å²) < 4.78 is 0. The van der Waals surface area contributed by atoms with Gasteiger partial charge in [0.1, 0.15) is 0 Å². The summed E-state index contributed by atoms with van der Waals surface area (Å²) in [5, 5.41) is 7.00. The van der Waals surface area contributed by atoms with Crippen molar-refractivity contribution in [2.45, 2.75) is 20.0 Å². The normalized spacial score (nSPS) is 14.9. The largest absolute Gasteiger partial charge is 0.360 e. The van der Waals surface area contributed by atoms with Gasteiger partial charge in [0.15, 0.2) is 5.96 Å². The number of benzene rings is 1. The van der Waals surface area contributed by atoms with Gasteiger partial charge in [0, 0.05) is 39.3 Å². The lowest BCUT2D eigenvalue weighted by atomic mass is 10.1. The highest BCUT2D eigenvalue weighted by atomic mass is 127. The van der Waals surface area contributed by atoms with E-state index in [1.165, 1.54) is 16.1 Å². The van der Waals surface area contributed by atoms with E-state index in [0.717, 1.165) is 51.8 Å². The first-order valence-corrected chi connectivity index (χ1v) is 10.6. The van der Waals surface area contributed by atoms with Crippen LogP contribution in [0, 0.1) is 0 Å². The van der Waals surface area contributed by atoms with Crippen LogP contribution < -0.4 is 10.2 Å². The molecule has 1 N–H and O–H groups in total. The molecule has 0 saturated carbocycles. The minimum Gasteiger partial charge on any atom is -0.360 e. The number of hydrogen-bond donors (Lipinski definition) is 1. The predicted molar refractivity (Wildman–Crippen MR) is 132 cm³/mol. The predicted octanol–water partition coefficient (Wildman–Crippen LogP) is 3.72. The fraction of sp³-hybridized carbons (Fsp3) is 0.476. The van der Waals surface area contributed by atoms with Crippen LogP contribution in [0.2, 0.25) is 0 Å². The number of halogens is 1. The molecule has 2 heterocycles. The van der Waals surface area contributed by atoms with Gasteiger partial charge >= 0.3 is 0 Å². The molecule has 28 heavy (non-hydrogen) atoms. The lowest BCUT2D eigenvalue weighted by Crippen LogP contribution is -2.52. The second-order valence-electron chi connectivity index (χ2n) is 7.10. The monoisotopic (exact) mass is 513 g/mol. The molecule has 0 amide bonds. The molecule has 1 fully saturated rings. The minimum absolute atomic E-state index is 0. The van der Waals surface area contributed by atoms with Crippen LogP contribution in [0.4, 0.5) is 5.00 Å². The summed E-state index contributed by atoms with van der Waals surface area (Å²) >= 11 is 1.82. The van der Waals surface area contributed by atoms with E-state index in [9.17, 15) is 0 Å². The Morgan fingerprint density at radius 3 is 2.39 bits per heavy atom. The van der Waals surface area contributed by atoms with Crippen LogP contribution in [0.5, 0.6) is 0 Å². The van der Waals surface area contributed by atoms with Gasteiger partial charge in [-0.05, 0) is 49.7 Å². The molecule has 2 aromatic rings. The molecule has 0 bridgehead atoms. The highest BCUT2D eigenvalue weighted by Crippen LogP contribution is 2.22. The number of aliphatic imine (C=N–C) groups is 1. The van der Waals surface area contributed by atoms with Crippen LogP contribution in [0.3, 0.4) is 0 Å². The Labute approximate surface area is 190 Å². The van der Waals surface area contributed by atoms with E-state index in [1.54, 1.807) is 0 Å². The molecule has 1 aliphatic heterocycles. The maximum atomic E-state index is 4.96. The zero-order valence-corrected chi connectivity index (χ0v) is 20.2. The molecule has 0 aliphatic carbocycles. The van der Waals surface area contributed by atoms with Crippen LogP contribution >= 0.6 is 35.3 Å². The fourth-order valence-corrected chi connectivity index (χ4v) is 4.17. The van der Waals surface area contributed by atoms with Crippen molar-refractivity contribution in [1.29, 1.82) is 0 Å². The standard InChI is InChI=1S/C21H31N5S.HI/c1-4-22-21(23-16-18-8-5-6-9-19(18)17-24(2)3)26-13-11-25(12-14-26)20-10-7-15-27-20;/h5-10,15H,4,11-14,16-17H2,1-3H3,(H,22,23);1H. The van der Waals surface area contributed by atoms with Crippen LogP contribution in [0.1, 0.15) is 18.1 Å². The lowest BCUT2D eigenvalue weighted by molar-refractivity contribution is 0.373. The number of hydrogen-bond acceptors (Lipinski definition) is 4. The van der Waals surface area contributed by atoms with E-state index in [4.69, 9.17) is 4.99 Å². The fourth-order valence-electron chi connectivity index (χ4n) is 3.38. The maximum Gasteiger partial charge on any atom is 0.194 e. The van der Waals surface area contributed by atoms with Crippen molar-refractivity contribution in [1.82, 2.24) is 15.1 Å². The van der Waals surface area contributed by atoms with Crippen molar-refractivity contribution < 1.29 is 0 Å². The van der Waals surface area contributed by atoms with Gasteiger partial charge in [0.2, 0.25) is 0 Å². The number of anilines is 1. The van der Waals surface area contributed by atoms with Gasteiger partial charge in [-0.15, -0.1) is 35.3 Å². The van der Waals surface area contributed by atoms with Crippen molar-refractivity contribution >= 4 is 46.3 Å². The molecule has 0 radical (unpaired) electrons. The summed E-state index contributed by atoms with van der Waals surface area (Å²) in [6, 6.07) is 13.0. The second kappa shape index (κ2) is 11.6. The summed E-state index contributed by atoms with van der Waals surface area (Å²) in [6.07, 6.45) is 0. The second-order valence-corrected chi connectivity index (χ2v) is 8.03. The highest BCUT2D eigenvalue weighted by Gasteiger charge is 2.20. The Morgan fingerprint density at radius 1 is 1.07 bits per heavy atom. The van der Waals surface area contributed by atoms with Gasteiger partial charge in [-0.3, -0.25) is 0 Å². The maximum absolute atomic E-state index is 4.96. The summed E-state index contributed by atoms with van der Waals surface area (Å²) in [5.74, 6) is 1.03. The summed E-state index contributed by atoms with van der Waals surface area (Å²) in [6.45, 7) is 8.79. The number of thiophene rings is 1. The van der Waals surface area contributed by atoms with E-state index in [-0.39, 0.29) is 24.0 Å². The van der Waals surface area contributed by atoms with Gasteiger partial charge in [0.25, 0.3) is 0 Å². The third kappa shape index (κ3) is 6.35. The van der Waals surface area contributed by atoms with Crippen molar-refractivity contribution in [3.05, 3.63) is 52.9 Å². The number of guanidine groups is 1. The van der Waals surface area contributed by atoms with Gasteiger partial charge < -0.3 is 20.0 Å². The topological polar surface area (TPSA) is 34.1 Å². The Morgan fingerprint density at radius 2 is 1.79 bits per heavy atom. The van der Waals surface area contributed by atoms with E-state index in [0.29, 0.717) is 0 Å². The lowest BCUT2D eigenvalue weighted by Gasteiger charge is -2.37. The number of rotatable bonds is 6. The molecule has 5 nitrogen and oxygen atoms in total. The average Bonchev–Trinajstić information content (AvgIpc) is 3.21. The SMILES string of the molecule is CCNC(=NCc1ccccc1CN(C)C)N1CCN(c2cccs2)CC1.I. The average molecular weight is 513 g/mol. The summed E-state index contributed by atoms with van der Waals surface area (Å²) in [7, 11) is 4.22. The van der Waals surface area contributed by atoms with E-state index in [2.05, 4.69) is 82.8 Å². The minimum atomic E-state index is 0. The van der Waals surface area contributed by atoms with Gasteiger partial charge in [-0.25, -0.2) is 4.99 Å². The van der Waals surface area contributed by atoms with E-state index >= 15 is 0 Å². The number of nitrogens with zero attached hydrogens (tertiary/aromatic N) is 4. The summed E-state index contributed by atoms with van der Waals surface area (Å²) in [5.41, 5.74) is 2.66. The Hall–Kier alpha value is -1.32. The van der Waals surface area contributed by atoms with Gasteiger partial charge in [-0.1, -0.05) is 24.3 Å². The molecule has 154 valence electrons. The quantitative estimate of drug-likeness (QED) is 0.363. The van der Waals surface area contributed by atoms with Crippen molar-refractivity contribution in [2.24, 2.45) is 4.99 Å².